The fraction of sp³-hybridized carbons (Fsp3) is 0.353. The summed E-state index contributed by atoms with van der Waals surface area (Å²) in [6.07, 6.45) is 5.81. The fourth-order valence-corrected chi connectivity index (χ4v) is 2.62. The zero-order valence-corrected chi connectivity index (χ0v) is 12.8. The minimum atomic E-state index is 0.302. The van der Waals surface area contributed by atoms with E-state index in [9.17, 15) is 0 Å². The van der Waals surface area contributed by atoms with E-state index in [1.54, 1.807) is 0 Å². The Hall–Kier alpha value is -1.38. The first-order valence-corrected chi connectivity index (χ1v) is 7.47. The van der Waals surface area contributed by atoms with Gasteiger partial charge in [-0.3, -0.25) is 4.98 Å². The van der Waals surface area contributed by atoms with Crippen LogP contribution in [-0.4, -0.2) is 11.5 Å². The number of halogens is 1. The second-order valence-electron chi connectivity index (χ2n) is 5.07. The molecule has 1 atom stereocenters. The lowest BCUT2D eigenvalue weighted by atomic mass is 9.96. The van der Waals surface area contributed by atoms with Crippen LogP contribution in [0.25, 0.3) is 0 Å². The van der Waals surface area contributed by atoms with E-state index in [0.29, 0.717) is 6.04 Å². The third-order valence-electron chi connectivity index (χ3n) is 3.41. The van der Waals surface area contributed by atoms with Gasteiger partial charge >= 0.3 is 0 Å². The van der Waals surface area contributed by atoms with E-state index in [-0.39, 0.29) is 0 Å². The summed E-state index contributed by atoms with van der Waals surface area (Å²) in [7, 11) is 0. The molecule has 0 amide bonds. The molecule has 0 aliphatic rings. The highest BCUT2D eigenvalue weighted by molar-refractivity contribution is 6.30. The normalized spacial score (nSPS) is 12.3. The van der Waals surface area contributed by atoms with Crippen LogP contribution in [0.4, 0.5) is 0 Å². The predicted molar refractivity (Wildman–Crippen MR) is 85.2 cm³/mol. The Morgan fingerprint density at radius 2 is 2.15 bits per heavy atom. The number of aromatic nitrogens is 1. The molecule has 1 N–H and O–H groups in total. The Morgan fingerprint density at radius 1 is 1.30 bits per heavy atom. The highest BCUT2D eigenvalue weighted by Gasteiger charge is 2.14. The molecule has 0 aliphatic heterocycles. The highest BCUT2D eigenvalue weighted by atomic mass is 35.5. The SMILES string of the molecule is CCCNC(Cc1cccnc1)c1ccc(Cl)cc1C. The molecule has 2 nitrogen and oxygen atoms in total. The van der Waals surface area contributed by atoms with Crippen LogP contribution in [0.15, 0.2) is 42.7 Å². The minimum Gasteiger partial charge on any atom is -0.310 e. The van der Waals surface area contributed by atoms with E-state index < -0.39 is 0 Å². The predicted octanol–water partition coefficient (Wildman–Crippen LogP) is 4.33. The van der Waals surface area contributed by atoms with Crippen LogP contribution in [0.2, 0.25) is 5.02 Å². The van der Waals surface area contributed by atoms with Crippen LogP contribution in [-0.2, 0) is 6.42 Å². The molecule has 0 spiro atoms. The average Bonchev–Trinajstić information content (AvgIpc) is 2.45. The fourth-order valence-electron chi connectivity index (χ4n) is 2.40. The summed E-state index contributed by atoms with van der Waals surface area (Å²) >= 11 is 6.06. The zero-order valence-electron chi connectivity index (χ0n) is 12.1. The summed E-state index contributed by atoms with van der Waals surface area (Å²) in [5, 5.41) is 4.42. The van der Waals surface area contributed by atoms with Gasteiger partial charge in [0, 0.05) is 23.5 Å². The molecule has 1 heterocycles. The summed E-state index contributed by atoms with van der Waals surface area (Å²) in [6, 6.07) is 10.5. The molecule has 1 aromatic heterocycles. The summed E-state index contributed by atoms with van der Waals surface area (Å²) in [5.41, 5.74) is 3.79. The van der Waals surface area contributed by atoms with E-state index in [4.69, 9.17) is 11.6 Å². The quantitative estimate of drug-likeness (QED) is 0.856. The number of hydrogen-bond donors (Lipinski definition) is 1. The lowest BCUT2D eigenvalue weighted by Crippen LogP contribution is -2.24. The lowest BCUT2D eigenvalue weighted by Gasteiger charge is -2.21. The second-order valence-corrected chi connectivity index (χ2v) is 5.51. The van der Waals surface area contributed by atoms with Gasteiger partial charge in [0.15, 0.2) is 0 Å². The molecule has 1 aromatic carbocycles. The van der Waals surface area contributed by atoms with Gasteiger partial charge in [0.05, 0.1) is 0 Å². The van der Waals surface area contributed by atoms with Crippen LogP contribution in [0.5, 0.6) is 0 Å². The molecule has 2 aromatic rings. The van der Waals surface area contributed by atoms with E-state index >= 15 is 0 Å². The Bertz CT molecular complexity index is 540. The number of pyridine rings is 1. The van der Waals surface area contributed by atoms with Crippen LogP contribution in [0, 0.1) is 6.92 Å². The van der Waals surface area contributed by atoms with Gasteiger partial charge in [0.1, 0.15) is 0 Å². The van der Waals surface area contributed by atoms with Gasteiger partial charge in [0.2, 0.25) is 0 Å². The first-order valence-electron chi connectivity index (χ1n) is 7.09. The zero-order chi connectivity index (χ0) is 14.4. The maximum atomic E-state index is 6.06. The lowest BCUT2D eigenvalue weighted by molar-refractivity contribution is 0.526. The number of aryl methyl sites for hydroxylation is 1. The molecule has 1 unspecified atom stereocenters. The Morgan fingerprint density at radius 3 is 2.80 bits per heavy atom. The highest BCUT2D eigenvalue weighted by Crippen LogP contribution is 2.24. The molecular weight excluding hydrogens is 268 g/mol. The second kappa shape index (κ2) is 7.41. The molecule has 0 aliphatic carbocycles. The number of nitrogens with one attached hydrogen (secondary N) is 1. The third kappa shape index (κ3) is 4.06. The maximum absolute atomic E-state index is 6.06. The van der Waals surface area contributed by atoms with Crippen molar-refractivity contribution in [2.45, 2.75) is 32.7 Å². The van der Waals surface area contributed by atoms with Crippen molar-refractivity contribution in [1.82, 2.24) is 10.3 Å². The number of rotatable bonds is 6. The Kier molecular flexibility index (Phi) is 5.57. The van der Waals surface area contributed by atoms with Crippen molar-refractivity contribution in [1.29, 1.82) is 0 Å². The molecule has 20 heavy (non-hydrogen) atoms. The van der Waals surface area contributed by atoms with Crippen LogP contribution < -0.4 is 5.32 Å². The number of benzene rings is 1. The van der Waals surface area contributed by atoms with E-state index in [0.717, 1.165) is 24.4 Å². The standard InChI is InChI=1S/C17H21ClN2/c1-3-8-20-17(11-14-5-4-9-19-12-14)16-7-6-15(18)10-13(16)2/h4-7,9-10,12,17,20H,3,8,11H2,1-2H3. The van der Waals surface area contributed by atoms with E-state index in [1.807, 2.05) is 30.6 Å². The third-order valence-corrected chi connectivity index (χ3v) is 3.65. The van der Waals surface area contributed by atoms with Gasteiger partial charge in [-0.1, -0.05) is 30.7 Å². The number of hydrogen-bond acceptors (Lipinski definition) is 2. The van der Waals surface area contributed by atoms with Crippen molar-refractivity contribution in [3.8, 4) is 0 Å². The molecule has 106 valence electrons. The van der Waals surface area contributed by atoms with Crippen molar-refractivity contribution in [2.75, 3.05) is 6.54 Å². The smallest absolute Gasteiger partial charge is 0.0408 e. The van der Waals surface area contributed by atoms with Crippen molar-refractivity contribution >= 4 is 11.6 Å². The van der Waals surface area contributed by atoms with Crippen molar-refractivity contribution in [2.24, 2.45) is 0 Å². The Labute approximate surface area is 126 Å². The van der Waals surface area contributed by atoms with Gasteiger partial charge in [-0.05, 0) is 61.2 Å². The van der Waals surface area contributed by atoms with Crippen LogP contribution in [0.1, 0.15) is 36.1 Å². The minimum absolute atomic E-state index is 0.302. The molecule has 3 heteroatoms. The Balaban J connectivity index is 2.22. The monoisotopic (exact) mass is 288 g/mol. The van der Waals surface area contributed by atoms with Gasteiger partial charge in [-0.2, -0.15) is 0 Å². The van der Waals surface area contributed by atoms with Gasteiger partial charge < -0.3 is 5.32 Å². The van der Waals surface area contributed by atoms with Crippen molar-refractivity contribution in [3.05, 3.63) is 64.4 Å². The molecule has 0 fully saturated rings. The van der Waals surface area contributed by atoms with E-state index in [2.05, 4.69) is 36.3 Å². The largest absolute Gasteiger partial charge is 0.310 e. The molecule has 0 saturated heterocycles. The van der Waals surface area contributed by atoms with Crippen molar-refractivity contribution < 1.29 is 0 Å². The molecule has 0 saturated carbocycles. The summed E-state index contributed by atoms with van der Waals surface area (Å²) in [4.78, 5) is 4.20. The summed E-state index contributed by atoms with van der Waals surface area (Å²) in [6.45, 7) is 5.31. The first-order chi connectivity index (χ1) is 9.70. The maximum Gasteiger partial charge on any atom is 0.0408 e. The van der Waals surface area contributed by atoms with Gasteiger partial charge in [-0.15, -0.1) is 0 Å². The van der Waals surface area contributed by atoms with Crippen LogP contribution >= 0.6 is 11.6 Å². The van der Waals surface area contributed by atoms with E-state index in [1.165, 1.54) is 16.7 Å². The van der Waals surface area contributed by atoms with Crippen molar-refractivity contribution in [3.63, 3.8) is 0 Å². The average molecular weight is 289 g/mol. The van der Waals surface area contributed by atoms with Crippen LogP contribution in [0.3, 0.4) is 0 Å². The topological polar surface area (TPSA) is 24.9 Å². The molecule has 0 radical (unpaired) electrons. The molecule has 0 bridgehead atoms. The molecular formula is C17H21ClN2. The van der Waals surface area contributed by atoms with Gasteiger partial charge in [0.25, 0.3) is 0 Å². The molecule has 2 rings (SSSR count). The van der Waals surface area contributed by atoms with Gasteiger partial charge in [-0.25, -0.2) is 0 Å². The first kappa shape index (κ1) is 15.0. The summed E-state index contributed by atoms with van der Waals surface area (Å²) in [5.74, 6) is 0. The number of nitrogens with zero attached hydrogens (tertiary/aromatic N) is 1. The summed E-state index contributed by atoms with van der Waals surface area (Å²) < 4.78 is 0.